The van der Waals surface area contributed by atoms with E-state index in [1.165, 1.54) is 6.07 Å². The maximum absolute atomic E-state index is 13.5. The number of halogens is 2. The molecule has 0 aliphatic heterocycles. The molecule has 1 atom stereocenters. The molecule has 0 bridgehead atoms. The fraction of sp³-hybridized carbons (Fsp3) is 0.143. The number of benzene rings is 1. The number of aromatic nitrogens is 3. The third kappa shape index (κ3) is 2.00. The lowest BCUT2D eigenvalue weighted by molar-refractivity contribution is 0.629. The number of nitrogens with zero attached hydrogens (tertiary/aromatic N) is 3. The van der Waals surface area contributed by atoms with E-state index in [-0.39, 0.29) is 11.1 Å². The van der Waals surface area contributed by atoms with Crippen molar-refractivity contribution >= 4 is 28.6 Å². The minimum Gasteiger partial charge on any atom is -0.369 e. The number of anilines is 1. The third-order valence-electron chi connectivity index (χ3n) is 3.31. The van der Waals surface area contributed by atoms with Crippen LogP contribution in [0.2, 0.25) is 5.02 Å². The van der Waals surface area contributed by atoms with Gasteiger partial charge < -0.3 is 10.3 Å². The Hall–Kier alpha value is -2.14. The molecule has 2 aromatic heterocycles. The van der Waals surface area contributed by atoms with Crippen molar-refractivity contribution in [3.05, 3.63) is 53.1 Å². The van der Waals surface area contributed by atoms with Gasteiger partial charge in [0.25, 0.3) is 0 Å². The highest BCUT2D eigenvalue weighted by Crippen LogP contribution is 2.29. The van der Waals surface area contributed by atoms with Crippen LogP contribution < -0.4 is 5.73 Å². The van der Waals surface area contributed by atoms with Crippen LogP contribution >= 0.6 is 11.6 Å². The van der Waals surface area contributed by atoms with Crippen molar-refractivity contribution < 1.29 is 4.39 Å². The van der Waals surface area contributed by atoms with Crippen LogP contribution in [0.1, 0.15) is 18.5 Å². The van der Waals surface area contributed by atoms with E-state index >= 15 is 0 Å². The SMILES string of the molecule is CC(c1cccnc1)n1c(N)nc2cc(F)c(Cl)cc21. The van der Waals surface area contributed by atoms with Gasteiger partial charge in [-0.1, -0.05) is 17.7 Å². The molecular formula is C14H12ClFN4. The zero-order valence-electron chi connectivity index (χ0n) is 10.7. The van der Waals surface area contributed by atoms with E-state index < -0.39 is 5.82 Å². The first-order valence-electron chi connectivity index (χ1n) is 6.10. The topological polar surface area (TPSA) is 56.7 Å². The van der Waals surface area contributed by atoms with Gasteiger partial charge in [0, 0.05) is 18.5 Å². The van der Waals surface area contributed by atoms with E-state index in [0.29, 0.717) is 17.0 Å². The molecule has 0 fully saturated rings. The molecule has 0 aliphatic rings. The highest BCUT2D eigenvalue weighted by Gasteiger charge is 2.17. The molecule has 0 saturated carbocycles. The summed E-state index contributed by atoms with van der Waals surface area (Å²) in [5.74, 6) is -0.184. The second-order valence-corrected chi connectivity index (χ2v) is 4.96. The first-order chi connectivity index (χ1) is 9.58. The molecule has 0 aliphatic carbocycles. The Kier molecular flexibility index (Phi) is 3.06. The third-order valence-corrected chi connectivity index (χ3v) is 3.60. The molecular weight excluding hydrogens is 279 g/mol. The van der Waals surface area contributed by atoms with Crippen molar-refractivity contribution in [3.63, 3.8) is 0 Å². The lowest BCUT2D eigenvalue weighted by Crippen LogP contribution is -2.10. The predicted molar refractivity (Wildman–Crippen MR) is 77.2 cm³/mol. The van der Waals surface area contributed by atoms with Crippen LogP contribution in [-0.4, -0.2) is 14.5 Å². The Morgan fingerprint density at radius 3 is 2.90 bits per heavy atom. The number of imidazole rings is 1. The van der Waals surface area contributed by atoms with E-state index in [1.807, 2.05) is 23.6 Å². The van der Waals surface area contributed by atoms with Crippen LogP contribution in [0.3, 0.4) is 0 Å². The van der Waals surface area contributed by atoms with Crippen molar-refractivity contribution in [2.45, 2.75) is 13.0 Å². The molecule has 1 unspecified atom stereocenters. The number of pyridine rings is 1. The molecule has 20 heavy (non-hydrogen) atoms. The zero-order valence-corrected chi connectivity index (χ0v) is 11.5. The molecule has 3 aromatic rings. The van der Waals surface area contributed by atoms with E-state index in [0.717, 1.165) is 5.56 Å². The van der Waals surface area contributed by atoms with Gasteiger partial charge in [0.05, 0.1) is 22.1 Å². The monoisotopic (exact) mass is 290 g/mol. The number of hydrogen-bond acceptors (Lipinski definition) is 3. The van der Waals surface area contributed by atoms with Gasteiger partial charge in [-0.15, -0.1) is 0 Å². The highest BCUT2D eigenvalue weighted by molar-refractivity contribution is 6.31. The second kappa shape index (κ2) is 4.76. The molecule has 3 rings (SSSR count). The summed E-state index contributed by atoms with van der Waals surface area (Å²) in [4.78, 5) is 8.28. The summed E-state index contributed by atoms with van der Waals surface area (Å²) in [5.41, 5.74) is 8.13. The van der Waals surface area contributed by atoms with E-state index in [2.05, 4.69) is 9.97 Å². The van der Waals surface area contributed by atoms with Crippen molar-refractivity contribution in [1.29, 1.82) is 0 Å². The lowest BCUT2D eigenvalue weighted by Gasteiger charge is -2.16. The minimum absolute atomic E-state index is 0.0528. The number of nitrogens with two attached hydrogens (primary N) is 1. The Morgan fingerprint density at radius 2 is 2.20 bits per heavy atom. The number of fused-ring (bicyclic) bond motifs is 1. The van der Waals surface area contributed by atoms with E-state index in [1.54, 1.807) is 18.5 Å². The predicted octanol–water partition coefficient (Wildman–Crippen LogP) is 3.42. The Labute approximate surface area is 120 Å². The molecule has 2 N–H and O–H groups in total. The summed E-state index contributed by atoms with van der Waals surface area (Å²) >= 11 is 5.85. The van der Waals surface area contributed by atoms with Gasteiger partial charge in [-0.3, -0.25) is 4.98 Å². The quantitative estimate of drug-likeness (QED) is 0.787. The minimum atomic E-state index is -0.502. The van der Waals surface area contributed by atoms with Crippen LogP contribution in [0, 0.1) is 5.82 Å². The molecule has 6 heteroatoms. The van der Waals surface area contributed by atoms with Crippen LogP contribution in [0.4, 0.5) is 10.3 Å². The van der Waals surface area contributed by atoms with Crippen LogP contribution in [0.5, 0.6) is 0 Å². The maximum atomic E-state index is 13.5. The average Bonchev–Trinajstić information content (AvgIpc) is 2.75. The van der Waals surface area contributed by atoms with Gasteiger partial charge in [0.1, 0.15) is 5.82 Å². The summed E-state index contributed by atoms with van der Waals surface area (Å²) in [5, 5.41) is 0.0528. The van der Waals surface area contributed by atoms with Gasteiger partial charge >= 0.3 is 0 Å². The Morgan fingerprint density at radius 1 is 1.40 bits per heavy atom. The second-order valence-electron chi connectivity index (χ2n) is 4.56. The summed E-state index contributed by atoms with van der Waals surface area (Å²) in [6, 6.07) is 6.57. The smallest absolute Gasteiger partial charge is 0.201 e. The molecule has 102 valence electrons. The number of rotatable bonds is 2. The van der Waals surface area contributed by atoms with E-state index in [9.17, 15) is 4.39 Å². The standard InChI is InChI=1S/C14H12ClFN4/c1-8(9-3-2-4-18-7-9)20-13-5-10(15)11(16)6-12(13)19-14(20)17/h2-8H,1H3,(H2,17,19). The lowest BCUT2D eigenvalue weighted by atomic mass is 10.1. The van der Waals surface area contributed by atoms with Crippen molar-refractivity contribution in [2.24, 2.45) is 0 Å². The van der Waals surface area contributed by atoms with Crippen molar-refractivity contribution in [2.75, 3.05) is 5.73 Å². The fourth-order valence-corrected chi connectivity index (χ4v) is 2.45. The number of nitrogen functional groups attached to an aromatic ring is 1. The molecule has 2 heterocycles. The van der Waals surface area contributed by atoms with E-state index in [4.69, 9.17) is 17.3 Å². The van der Waals surface area contributed by atoms with Gasteiger partial charge in [-0.25, -0.2) is 9.37 Å². The summed E-state index contributed by atoms with van der Waals surface area (Å²) in [7, 11) is 0. The van der Waals surface area contributed by atoms with Gasteiger partial charge in [0.15, 0.2) is 0 Å². The number of hydrogen-bond donors (Lipinski definition) is 1. The van der Waals surface area contributed by atoms with Crippen molar-refractivity contribution in [1.82, 2.24) is 14.5 Å². The Bertz CT molecular complexity index is 770. The molecule has 0 amide bonds. The molecule has 4 nitrogen and oxygen atoms in total. The van der Waals surface area contributed by atoms with Crippen molar-refractivity contribution in [3.8, 4) is 0 Å². The normalized spacial score (nSPS) is 12.8. The molecule has 0 spiro atoms. The summed E-state index contributed by atoms with van der Waals surface area (Å²) < 4.78 is 15.3. The first kappa shape index (κ1) is 12.9. The zero-order chi connectivity index (χ0) is 14.3. The average molecular weight is 291 g/mol. The Balaban J connectivity index is 2.21. The highest BCUT2D eigenvalue weighted by atomic mass is 35.5. The van der Waals surface area contributed by atoms with Gasteiger partial charge in [-0.2, -0.15) is 0 Å². The van der Waals surface area contributed by atoms with Crippen LogP contribution in [-0.2, 0) is 0 Å². The molecule has 0 radical (unpaired) electrons. The van der Waals surface area contributed by atoms with Gasteiger partial charge in [0.2, 0.25) is 5.95 Å². The van der Waals surface area contributed by atoms with Crippen LogP contribution in [0.15, 0.2) is 36.7 Å². The van der Waals surface area contributed by atoms with Crippen LogP contribution in [0.25, 0.3) is 11.0 Å². The summed E-state index contributed by atoms with van der Waals surface area (Å²) in [6.07, 6.45) is 3.47. The summed E-state index contributed by atoms with van der Waals surface area (Å²) in [6.45, 7) is 1.98. The first-order valence-corrected chi connectivity index (χ1v) is 6.48. The largest absolute Gasteiger partial charge is 0.369 e. The molecule has 1 aromatic carbocycles. The maximum Gasteiger partial charge on any atom is 0.201 e. The van der Waals surface area contributed by atoms with Gasteiger partial charge in [-0.05, 0) is 24.6 Å². The fourth-order valence-electron chi connectivity index (χ4n) is 2.29. The molecule has 0 saturated heterocycles.